The van der Waals surface area contributed by atoms with Gasteiger partial charge in [0.25, 0.3) is 0 Å². The number of aryl methyl sites for hydroxylation is 1. The van der Waals surface area contributed by atoms with Gasteiger partial charge >= 0.3 is 0 Å². The Bertz CT molecular complexity index is 305. The summed E-state index contributed by atoms with van der Waals surface area (Å²) >= 11 is 5.86. The van der Waals surface area contributed by atoms with Crippen molar-refractivity contribution in [3.05, 3.63) is 34.9 Å². The number of halogens is 1. The number of benzene rings is 1. The summed E-state index contributed by atoms with van der Waals surface area (Å²) in [5.41, 5.74) is 1.84. The van der Waals surface area contributed by atoms with E-state index in [1.54, 1.807) is 0 Å². The van der Waals surface area contributed by atoms with E-state index in [1.807, 2.05) is 12.1 Å². The van der Waals surface area contributed by atoms with Gasteiger partial charge in [-0.05, 0) is 48.3 Å². The van der Waals surface area contributed by atoms with E-state index in [4.69, 9.17) is 11.6 Å². The molecular weight excluding hydrogens is 216 g/mol. The van der Waals surface area contributed by atoms with Gasteiger partial charge in [-0.1, -0.05) is 51.4 Å². The highest BCUT2D eigenvalue weighted by Gasteiger charge is 2.14. The maximum Gasteiger partial charge on any atom is 0.0406 e. The lowest BCUT2D eigenvalue weighted by molar-refractivity contribution is 0.297. The largest absolute Gasteiger partial charge is 0.0843 e. The van der Waals surface area contributed by atoms with Crippen LogP contribution >= 0.6 is 11.6 Å². The summed E-state index contributed by atoms with van der Waals surface area (Å²) in [4.78, 5) is 0. The third-order valence-corrected chi connectivity index (χ3v) is 3.05. The van der Waals surface area contributed by atoms with E-state index in [-0.39, 0.29) is 0 Å². The molecule has 0 heterocycles. The van der Waals surface area contributed by atoms with Gasteiger partial charge in [-0.3, -0.25) is 0 Å². The molecule has 0 N–H and O–H groups in total. The van der Waals surface area contributed by atoms with Gasteiger partial charge in [0.15, 0.2) is 0 Å². The van der Waals surface area contributed by atoms with Gasteiger partial charge in [-0.25, -0.2) is 0 Å². The maximum absolute atomic E-state index is 5.86. The lowest BCUT2D eigenvalue weighted by Crippen LogP contribution is -2.11. The monoisotopic (exact) mass is 238 g/mol. The van der Waals surface area contributed by atoms with Gasteiger partial charge in [0, 0.05) is 5.02 Å². The minimum absolute atomic E-state index is 0.444. The molecule has 1 rings (SSSR count). The third-order valence-electron chi connectivity index (χ3n) is 2.80. The van der Waals surface area contributed by atoms with Crippen LogP contribution in [0.1, 0.15) is 46.1 Å². The van der Waals surface area contributed by atoms with Crippen LogP contribution in [0.3, 0.4) is 0 Å². The Morgan fingerprint density at radius 1 is 1.12 bits per heavy atom. The molecule has 90 valence electrons. The minimum Gasteiger partial charge on any atom is -0.0843 e. The molecule has 1 atom stereocenters. The van der Waals surface area contributed by atoms with Crippen molar-refractivity contribution < 1.29 is 0 Å². The highest BCUT2D eigenvalue weighted by molar-refractivity contribution is 6.30. The number of hydrogen-bond acceptors (Lipinski definition) is 0. The van der Waals surface area contributed by atoms with Crippen LogP contribution in [0.25, 0.3) is 0 Å². The molecule has 0 aliphatic carbocycles. The van der Waals surface area contributed by atoms with Crippen LogP contribution in [-0.4, -0.2) is 0 Å². The second kappa shape index (κ2) is 5.72. The molecular formula is C15H23Cl. The summed E-state index contributed by atoms with van der Waals surface area (Å²) in [6, 6.07) is 8.22. The molecule has 0 bridgehead atoms. The Labute approximate surface area is 105 Å². The molecule has 0 saturated carbocycles. The van der Waals surface area contributed by atoms with E-state index >= 15 is 0 Å². The second-order valence-corrected chi connectivity index (χ2v) is 6.47. The van der Waals surface area contributed by atoms with E-state index in [0.717, 1.165) is 17.4 Å². The molecule has 0 spiro atoms. The highest BCUT2D eigenvalue weighted by atomic mass is 35.5. The van der Waals surface area contributed by atoms with Gasteiger partial charge < -0.3 is 0 Å². The lowest BCUT2D eigenvalue weighted by atomic mass is 9.83. The van der Waals surface area contributed by atoms with Crippen molar-refractivity contribution in [1.29, 1.82) is 0 Å². The van der Waals surface area contributed by atoms with Crippen LogP contribution in [0.2, 0.25) is 5.02 Å². The summed E-state index contributed by atoms with van der Waals surface area (Å²) in [7, 11) is 0. The quantitative estimate of drug-likeness (QED) is 0.664. The molecule has 1 aromatic carbocycles. The molecule has 0 radical (unpaired) electrons. The van der Waals surface area contributed by atoms with E-state index in [9.17, 15) is 0 Å². The van der Waals surface area contributed by atoms with Gasteiger partial charge in [0.05, 0.1) is 0 Å². The first kappa shape index (κ1) is 13.6. The predicted octanol–water partition coefficient (Wildman–Crippen LogP) is 5.34. The van der Waals surface area contributed by atoms with E-state index in [0.29, 0.717) is 5.41 Å². The molecule has 0 aromatic heterocycles. The summed E-state index contributed by atoms with van der Waals surface area (Å²) in [6.07, 6.45) is 3.72. The van der Waals surface area contributed by atoms with Crippen molar-refractivity contribution in [3.8, 4) is 0 Å². The first-order valence-electron chi connectivity index (χ1n) is 6.11. The third kappa shape index (κ3) is 5.55. The average Bonchev–Trinajstić information content (AvgIpc) is 2.14. The molecule has 1 unspecified atom stereocenters. The molecule has 1 heteroatoms. The maximum atomic E-state index is 5.86. The van der Waals surface area contributed by atoms with E-state index in [1.165, 1.54) is 18.4 Å². The Kier molecular flexibility index (Phi) is 4.86. The molecule has 0 aliphatic rings. The fourth-order valence-electron chi connectivity index (χ4n) is 2.21. The summed E-state index contributed by atoms with van der Waals surface area (Å²) < 4.78 is 0. The standard InChI is InChI=1S/C15H23Cl/c1-12(11-15(2,3)4)5-6-13-7-9-14(16)10-8-13/h7-10,12H,5-6,11H2,1-4H3. The summed E-state index contributed by atoms with van der Waals surface area (Å²) in [5, 5.41) is 0.825. The Hall–Kier alpha value is -0.490. The van der Waals surface area contributed by atoms with Crippen molar-refractivity contribution in [3.63, 3.8) is 0 Å². The van der Waals surface area contributed by atoms with Crippen molar-refractivity contribution in [2.45, 2.75) is 47.0 Å². The van der Waals surface area contributed by atoms with Gasteiger partial charge in [-0.15, -0.1) is 0 Å². The second-order valence-electron chi connectivity index (χ2n) is 6.04. The Balaban J connectivity index is 2.37. The van der Waals surface area contributed by atoms with Gasteiger partial charge in [0.2, 0.25) is 0 Å². The zero-order valence-electron chi connectivity index (χ0n) is 10.9. The van der Waals surface area contributed by atoms with Crippen molar-refractivity contribution in [1.82, 2.24) is 0 Å². The SMILES string of the molecule is CC(CCc1ccc(Cl)cc1)CC(C)(C)C. The topological polar surface area (TPSA) is 0 Å². The molecule has 0 amide bonds. The summed E-state index contributed by atoms with van der Waals surface area (Å²) in [5.74, 6) is 0.788. The smallest absolute Gasteiger partial charge is 0.0406 e. The van der Waals surface area contributed by atoms with Gasteiger partial charge in [-0.2, -0.15) is 0 Å². The average molecular weight is 239 g/mol. The zero-order valence-corrected chi connectivity index (χ0v) is 11.6. The van der Waals surface area contributed by atoms with Crippen LogP contribution in [0.5, 0.6) is 0 Å². The molecule has 1 aromatic rings. The predicted molar refractivity (Wildman–Crippen MR) is 73.0 cm³/mol. The molecule has 0 nitrogen and oxygen atoms in total. The lowest BCUT2D eigenvalue weighted by Gasteiger charge is -2.23. The summed E-state index contributed by atoms with van der Waals surface area (Å²) in [6.45, 7) is 9.28. The first-order valence-corrected chi connectivity index (χ1v) is 6.49. The van der Waals surface area contributed by atoms with Crippen LogP contribution < -0.4 is 0 Å². The van der Waals surface area contributed by atoms with Crippen LogP contribution in [0.15, 0.2) is 24.3 Å². The molecule has 0 aliphatic heterocycles. The van der Waals surface area contributed by atoms with E-state index in [2.05, 4.69) is 39.8 Å². The van der Waals surface area contributed by atoms with Crippen molar-refractivity contribution in [2.24, 2.45) is 11.3 Å². The molecule has 0 fully saturated rings. The minimum atomic E-state index is 0.444. The van der Waals surface area contributed by atoms with Crippen molar-refractivity contribution >= 4 is 11.6 Å². The van der Waals surface area contributed by atoms with Crippen LogP contribution in [0, 0.1) is 11.3 Å². The van der Waals surface area contributed by atoms with Crippen LogP contribution in [0.4, 0.5) is 0 Å². The Morgan fingerprint density at radius 3 is 2.19 bits per heavy atom. The van der Waals surface area contributed by atoms with Crippen molar-refractivity contribution in [2.75, 3.05) is 0 Å². The fraction of sp³-hybridized carbons (Fsp3) is 0.600. The van der Waals surface area contributed by atoms with Crippen LogP contribution in [-0.2, 0) is 6.42 Å². The molecule has 0 saturated heterocycles. The highest BCUT2D eigenvalue weighted by Crippen LogP contribution is 2.26. The normalized spacial score (nSPS) is 13.8. The van der Waals surface area contributed by atoms with Gasteiger partial charge in [0.1, 0.15) is 0 Å². The fourth-order valence-corrected chi connectivity index (χ4v) is 2.34. The number of hydrogen-bond donors (Lipinski definition) is 0. The first-order chi connectivity index (χ1) is 7.37. The Morgan fingerprint density at radius 2 is 1.69 bits per heavy atom. The molecule has 16 heavy (non-hydrogen) atoms. The zero-order chi connectivity index (χ0) is 12.2. The van der Waals surface area contributed by atoms with E-state index < -0.39 is 0 Å². The number of rotatable bonds is 4.